The van der Waals surface area contributed by atoms with E-state index in [4.69, 9.17) is 0 Å². The largest absolute Gasteiger partial charge is 0.274 e. The fourth-order valence-electron chi connectivity index (χ4n) is 3.26. The second-order valence-corrected chi connectivity index (χ2v) is 6.11. The topological polar surface area (TPSA) is 39.7 Å². The van der Waals surface area contributed by atoms with Crippen LogP contribution in [0.25, 0.3) is 0 Å². The summed E-state index contributed by atoms with van der Waals surface area (Å²) >= 11 is 0. The van der Waals surface area contributed by atoms with E-state index in [1.807, 2.05) is 12.1 Å². The summed E-state index contributed by atoms with van der Waals surface area (Å²) < 4.78 is 0. The zero-order chi connectivity index (χ0) is 13.3. The number of rotatable bonds is 3. The van der Waals surface area contributed by atoms with Gasteiger partial charge in [0.2, 0.25) is 0 Å². The lowest BCUT2D eigenvalue weighted by Gasteiger charge is -2.23. The standard InChI is InChI=1S/C15H22N4/c1-15(8-3-4-9-15)11-12-6-5-7-13(10-12)14-16-17-18-19(14)2/h5-7,10,17-18H,3-4,8-9,11H2,1-2H3. The van der Waals surface area contributed by atoms with Gasteiger partial charge in [-0.3, -0.25) is 5.01 Å². The molecule has 1 aliphatic heterocycles. The third-order valence-electron chi connectivity index (χ3n) is 4.32. The average molecular weight is 258 g/mol. The molecule has 19 heavy (non-hydrogen) atoms. The molecule has 1 aromatic rings. The molecule has 0 bridgehead atoms. The van der Waals surface area contributed by atoms with Gasteiger partial charge in [-0.15, -0.1) is 10.6 Å². The van der Waals surface area contributed by atoms with Crippen molar-refractivity contribution >= 4 is 5.84 Å². The summed E-state index contributed by atoms with van der Waals surface area (Å²) in [6, 6.07) is 8.76. The molecule has 102 valence electrons. The van der Waals surface area contributed by atoms with E-state index >= 15 is 0 Å². The van der Waals surface area contributed by atoms with Crippen molar-refractivity contribution in [3.63, 3.8) is 0 Å². The van der Waals surface area contributed by atoms with Crippen LogP contribution in [-0.2, 0) is 6.42 Å². The SMILES string of the molecule is CN1NNN=C1c1cccc(CC2(C)CCCC2)c1. The predicted octanol–water partition coefficient (Wildman–Crippen LogP) is 2.43. The summed E-state index contributed by atoms with van der Waals surface area (Å²) in [4.78, 5) is 0. The third-order valence-corrected chi connectivity index (χ3v) is 4.32. The molecule has 0 amide bonds. The van der Waals surface area contributed by atoms with Gasteiger partial charge in [0.25, 0.3) is 0 Å². The van der Waals surface area contributed by atoms with Gasteiger partial charge in [-0.25, -0.2) is 5.53 Å². The summed E-state index contributed by atoms with van der Waals surface area (Å²) in [6.45, 7) is 2.43. The van der Waals surface area contributed by atoms with E-state index in [-0.39, 0.29) is 0 Å². The smallest absolute Gasteiger partial charge is 0.172 e. The van der Waals surface area contributed by atoms with Crippen LogP contribution in [0.15, 0.2) is 29.4 Å². The van der Waals surface area contributed by atoms with Crippen LogP contribution in [0, 0.1) is 5.41 Å². The van der Waals surface area contributed by atoms with Crippen LogP contribution in [0.5, 0.6) is 0 Å². The zero-order valence-electron chi connectivity index (χ0n) is 11.7. The Kier molecular flexibility index (Phi) is 3.19. The van der Waals surface area contributed by atoms with Crippen molar-refractivity contribution in [3.05, 3.63) is 35.4 Å². The quantitative estimate of drug-likeness (QED) is 0.874. The van der Waals surface area contributed by atoms with E-state index in [9.17, 15) is 0 Å². The molecule has 1 fully saturated rings. The molecule has 0 unspecified atom stereocenters. The highest BCUT2D eigenvalue weighted by Crippen LogP contribution is 2.40. The second kappa shape index (κ2) is 4.85. The Morgan fingerprint density at radius 2 is 2.11 bits per heavy atom. The summed E-state index contributed by atoms with van der Waals surface area (Å²) in [7, 11) is 1.96. The van der Waals surface area contributed by atoms with Crippen molar-refractivity contribution in [1.82, 2.24) is 16.1 Å². The minimum absolute atomic E-state index is 0.499. The van der Waals surface area contributed by atoms with E-state index in [2.05, 4.69) is 47.4 Å². The highest BCUT2D eigenvalue weighted by atomic mass is 15.8. The minimum atomic E-state index is 0.499. The fourth-order valence-corrected chi connectivity index (χ4v) is 3.26. The maximum Gasteiger partial charge on any atom is 0.172 e. The van der Waals surface area contributed by atoms with E-state index < -0.39 is 0 Å². The molecule has 2 aliphatic rings. The first kappa shape index (κ1) is 12.5. The Bertz CT molecular complexity index is 489. The van der Waals surface area contributed by atoms with Gasteiger partial charge in [0.15, 0.2) is 5.84 Å². The minimum Gasteiger partial charge on any atom is -0.274 e. The van der Waals surface area contributed by atoms with E-state index in [1.54, 1.807) is 0 Å². The third kappa shape index (κ3) is 2.59. The van der Waals surface area contributed by atoms with Gasteiger partial charge in [-0.2, -0.15) is 0 Å². The molecule has 3 rings (SSSR count). The van der Waals surface area contributed by atoms with E-state index in [1.165, 1.54) is 43.2 Å². The molecule has 1 heterocycles. The summed E-state index contributed by atoms with van der Waals surface area (Å²) in [6.07, 6.45) is 6.68. The van der Waals surface area contributed by atoms with E-state index in [0.29, 0.717) is 5.41 Å². The van der Waals surface area contributed by atoms with Crippen molar-refractivity contribution in [2.45, 2.75) is 39.0 Å². The molecule has 0 atom stereocenters. The van der Waals surface area contributed by atoms with Crippen LogP contribution in [-0.4, -0.2) is 17.9 Å². The average Bonchev–Trinajstić information content (AvgIpc) is 2.99. The van der Waals surface area contributed by atoms with E-state index in [0.717, 1.165) is 5.84 Å². The zero-order valence-corrected chi connectivity index (χ0v) is 11.7. The number of nitrogens with one attached hydrogen (secondary N) is 2. The maximum absolute atomic E-state index is 4.26. The Morgan fingerprint density at radius 3 is 2.79 bits per heavy atom. The van der Waals surface area contributed by atoms with Crippen molar-refractivity contribution in [3.8, 4) is 0 Å². The van der Waals surface area contributed by atoms with Crippen LogP contribution in [0.2, 0.25) is 0 Å². The summed E-state index contributed by atoms with van der Waals surface area (Å²) in [5.41, 5.74) is 8.82. The first-order valence-electron chi connectivity index (χ1n) is 7.08. The van der Waals surface area contributed by atoms with Gasteiger partial charge in [-0.05, 0) is 36.3 Å². The first-order chi connectivity index (χ1) is 9.16. The highest BCUT2D eigenvalue weighted by Gasteiger charge is 2.28. The number of hydrazine groups is 2. The van der Waals surface area contributed by atoms with Crippen LogP contribution in [0.4, 0.5) is 0 Å². The van der Waals surface area contributed by atoms with Crippen molar-refractivity contribution in [2.75, 3.05) is 7.05 Å². The number of benzene rings is 1. The molecule has 0 saturated heterocycles. The summed E-state index contributed by atoms with van der Waals surface area (Å²) in [5, 5.41) is 6.16. The van der Waals surface area contributed by atoms with Crippen molar-refractivity contribution in [1.29, 1.82) is 0 Å². The molecule has 1 aliphatic carbocycles. The number of amidine groups is 1. The molecule has 1 saturated carbocycles. The number of hydrazone groups is 1. The van der Waals surface area contributed by atoms with Crippen LogP contribution < -0.4 is 11.1 Å². The monoisotopic (exact) mass is 258 g/mol. The normalized spacial score (nSPS) is 21.4. The highest BCUT2D eigenvalue weighted by molar-refractivity contribution is 5.98. The molecule has 0 spiro atoms. The van der Waals surface area contributed by atoms with Crippen LogP contribution >= 0.6 is 0 Å². The lowest BCUT2D eigenvalue weighted by atomic mass is 9.82. The molecular weight excluding hydrogens is 236 g/mol. The van der Waals surface area contributed by atoms with Gasteiger partial charge in [-0.1, -0.05) is 38.0 Å². The lowest BCUT2D eigenvalue weighted by Crippen LogP contribution is -2.37. The lowest BCUT2D eigenvalue weighted by molar-refractivity contribution is 0.334. The molecular formula is C15H22N4. The number of hydrogen-bond donors (Lipinski definition) is 2. The molecule has 4 heteroatoms. The number of hydrogen-bond acceptors (Lipinski definition) is 4. The first-order valence-corrected chi connectivity index (χ1v) is 7.08. The van der Waals surface area contributed by atoms with Crippen LogP contribution in [0.3, 0.4) is 0 Å². The molecule has 0 radical (unpaired) electrons. The van der Waals surface area contributed by atoms with Gasteiger partial charge < -0.3 is 0 Å². The predicted molar refractivity (Wildman–Crippen MR) is 77.3 cm³/mol. The molecule has 2 N–H and O–H groups in total. The Morgan fingerprint density at radius 1 is 1.32 bits per heavy atom. The molecule has 4 nitrogen and oxygen atoms in total. The van der Waals surface area contributed by atoms with Gasteiger partial charge in [0, 0.05) is 12.6 Å². The van der Waals surface area contributed by atoms with Gasteiger partial charge in [0.05, 0.1) is 0 Å². The molecule has 0 aromatic heterocycles. The number of nitrogens with zero attached hydrogens (tertiary/aromatic N) is 2. The Hall–Kier alpha value is -1.55. The fraction of sp³-hybridized carbons (Fsp3) is 0.533. The Labute approximate surface area is 114 Å². The van der Waals surface area contributed by atoms with Gasteiger partial charge >= 0.3 is 0 Å². The summed E-state index contributed by atoms with van der Waals surface area (Å²) in [5.74, 6) is 0.943. The second-order valence-electron chi connectivity index (χ2n) is 6.11. The van der Waals surface area contributed by atoms with Gasteiger partial charge in [0.1, 0.15) is 0 Å². The van der Waals surface area contributed by atoms with Crippen molar-refractivity contribution in [2.24, 2.45) is 10.5 Å². The molecule has 1 aromatic carbocycles. The van der Waals surface area contributed by atoms with Crippen LogP contribution in [0.1, 0.15) is 43.7 Å². The Balaban J connectivity index is 1.80. The maximum atomic E-state index is 4.26. The van der Waals surface area contributed by atoms with Crippen molar-refractivity contribution < 1.29 is 0 Å².